The van der Waals surface area contributed by atoms with Gasteiger partial charge in [-0.2, -0.15) is 0 Å². The molecule has 0 saturated carbocycles. The van der Waals surface area contributed by atoms with E-state index in [9.17, 15) is 0 Å². The standard InChI is InChI=1S/C13H22OSi.C5H5.CH2.Ti/c1-10-7-11(14)9-12(8-10)15(5,6)13(2,3)4;1-2-4-5-3-1;;/h7-9,14H,1-6H3;1-3H,4H2;1H2;/q;;;+1/p-1. The van der Waals surface area contributed by atoms with Crippen LogP contribution in [0.3, 0.4) is 0 Å². The maximum atomic E-state index is 6.30. The fourth-order valence-electron chi connectivity index (χ4n) is 2.46. The molecule has 0 amide bonds. The third kappa shape index (κ3) is 3.79. The Morgan fingerprint density at radius 3 is 2.41 bits per heavy atom. The van der Waals surface area contributed by atoms with Gasteiger partial charge in [-0.15, -0.1) is 0 Å². The van der Waals surface area contributed by atoms with E-state index in [4.69, 9.17) is 3.32 Å². The van der Waals surface area contributed by atoms with Crippen LogP contribution in [-0.4, -0.2) is 12.9 Å². The minimum atomic E-state index is -1.84. The van der Waals surface area contributed by atoms with Crippen molar-refractivity contribution in [1.29, 1.82) is 0 Å². The Morgan fingerprint density at radius 1 is 1.18 bits per heavy atom. The van der Waals surface area contributed by atoms with E-state index in [0.717, 1.165) is 12.2 Å². The van der Waals surface area contributed by atoms with Crippen molar-refractivity contribution in [2.24, 2.45) is 0 Å². The molecule has 1 aliphatic rings. The molecule has 0 unspecified atom stereocenters. The van der Waals surface area contributed by atoms with Gasteiger partial charge in [0, 0.05) is 0 Å². The molecule has 1 aliphatic carbocycles. The Labute approximate surface area is 142 Å². The third-order valence-corrected chi connectivity index (χ3v) is 13.0. The molecule has 2 rings (SSSR count). The normalized spacial score (nSPS) is 14.9. The molecule has 0 saturated heterocycles. The van der Waals surface area contributed by atoms with E-state index in [-0.39, 0.29) is 0 Å². The predicted octanol–water partition coefficient (Wildman–Crippen LogP) is 4.90. The summed E-state index contributed by atoms with van der Waals surface area (Å²) in [6.45, 7) is 14.2. The zero-order chi connectivity index (χ0) is 16.5. The first-order chi connectivity index (χ1) is 10.1. The van der Waals surface area contributed by atoms with Crippen LogP contribution in [0.4, 0.5) is 0 Å². The van der Waals surface area contributed by atoms with Crippen LogP contribution in [0.15, 0.2) is 40.3 Å². The van der Waals surface area contributed by atoms with E-state index in [1.54, 1.807) is 0 Å². The van der Waals surface area contributed by atoms with Crippen molar-refractivity contribution in [2.45, 2.75) is 52.2 Å². The molecule has 0 aliphatic heterocycles. The Kier molecular flexibility index (Phi) is 5.16. The summed E-state index contributed by atoms with van der Waals surface area (Å²) in [5, 5.41) is 1.82. The molecule has 0 heterocycles. The summed E-state index contributed by atoms with van der Waals surface area (Å²) >= 11 is -1.84. The van der Waals surface area contributed by atoms with E-state index in [0.29, 0.717) is 5.04 Å². The fourth-order valence-corrected chi connectivity index (χ4v) is 6.23. The van der Waals surface area contributed by atoms with Gasteiger partial charge >= 0.3 is 143 Å². The van der Waals surface area contributed by atoms with Crippen LogP contribution < -0.4 is 8.51 Å². The van der Waals surface area contributed by atoms with Crippen molar-refractivity contribution in [2.75, 3.05) is 0 Å². The molecule has 1 aromatic carbocycles. The predicted molar refractivity (Wildman–Crippen MR) is 97.6 cm³/mol. The molecule has 3 heteroatoms. The van der Waals surface area contributed by atoms with Gasteiger partial charge in [0.2, 0.25) is 0 Å². The zero-order valence-electron chi connectivity index (χ0n) is 14.8. The topological polar surface area (TPSA) is 9.23 Å². The molecule has 118 valence electrons. The second-order valence-electron chi connectivity index (χ2n) is 7.76. The summed E-state index contributed by atoms with van der Waals surface area (Å²) < 4.78 is 7.71. The van der Waals surface area contributed by atoms with Gasteiger partial charge in [-0.05, 0) is 0 Å². The zero-order valence-corrected chi connectivity index (χ0v) is 17.3. The van der Waals surface area contributed by atoms with Gasteiger partial charge in [0.1, 0.15) is 0 Å². The van der Waals surface area contributed by atoms with Crippen LogP contribution in [0.25, 0.3) is 0 Å². The number of hydrogen-bond donors (Lipinski definition) is 0. The van der Waals surface area contributed by atoms with Crippen LogP contribution in [0, 0.1) is 6.92 Å². The molecule has 0 aromatic heterocycles. The number of allylic oxidation sites excluding steroid dienone is 4. The van der Waals surface area contributed by atoms with Crippen LogP contribution in [0.2, 0.25) is 18.1 Å². The summed E-state index contributed by atoms with van der Waals surface area (Å²) in [7, 11) is -1.54. The van der Waals surface area contributed by atoms with Crippen molar-refractivity contribution in [3.63, 3.8) is 0 Å². The number of rotatable bonds is 4. The summed E-state index contributed by atoms with van der Waals surface area (Å²) in [6.07, 6.45) is 7.52. The van der Waals surface area contributed by atoms with Gasteiger partial charge in [-0.1, -0.05) is 0 Å². The molecule has 0 atom stereocenters. The van der Waals surface area contributed by atoms with Gasteiger partial charge < -0.3 is 0 Å². The minimum absolute atomic E-state index is 0.333. The molecule has 1 nitrogen and oxygen atoms in total. The first kappa shape index (κ1) is 17.7. The molecule has 1 aromatic rings. The van der Waals surface area contributed by atoms with Gasteiger partial charge in [0.05, 0.1) is 0 Å². The van der Waals surface area contributed by atoms with Gasteiger partial charge in [0.15, 0.2) is 0 Å². The maximum absolute atomic E-state index is 6.30. The van der Waals surface area contributed by atoms with Crippen LogP contribution in [0.5, 0.6) is 5.75 Å². The summed E-state index contributed by atoms with van der Waals surface area (Å²) in [4.78, 5) is 4.33. The Bertz CT molecular complexity index is 648. The van der Waals surface area contributed by atoms with Crippen molar-refractivity contribution < 1.29 is 21.1 Å². The molecule has 0 bridgehead atoms. The van der Waals surface area contributed by atoms with Crippen LogP contribution in [-0.2, 0) is 17.8 Å². The van der Waals surface area contributed by atoms with E-state index in [2.05, 4.69) is 82.0 Å². The van der Waals surface area contributed by atoms with E-state index < -0.39 is 25.9 Å². The molecule has 0 fully saturated rings. The first-order valence-electron chi connectivity index (χ1n) is 7.96. The first-order valence-corrected chi connectivity index (χ1v) is 13.5. The van der Waals surface area contributed by atoms with Crippen molar-refractivity contribution in [3.8, 4) is 5.75 Å². The summed E-state index contributed by atoms with van der Waals surface area (Å²) in [5.41, 5.74) is 1.29. The van der Waals surface area contributed by atoms with E-state index >= 15 is 0 Å². The van der Waals surface area contributed by atoms with E-state index in [1.165, 1.54) is 14.6 Å². The fraction of sp³-hybridized carbons (Fsp3) is 0.421. The number of aryl methyl sites for hydroxylation is 1. The van der Waals surface area contributed by atoms with Crippen molar-refractivity contribution >= 4 is 18.1 Å². The average molecular weight is 348 g/mol. The number of benzene rings is 1. The quantitative estimate of drug-likeness (QED) is 0.704. The Hall–Kier alpha value is -0.699. The van der Waals surface area contributed by atoms with Crippen molar-refractivity contribution in [1.82, 2.24) is 0 Å². The van der Waals surface area contributed by atoms with Crippen LogP contribution in [0.1, 0.15) is 32.8 Å². The molecule has 0 spiro atoms. The molecule has 0 N–H and O–H groups in total. The van der Waals surface area contributed by atoms with Gasteiger partial charge in [-0.25, -0.2) is 0 Å². The van der Waals surface area contributed by atoms with Crippen molar-refractivity contribution in [3.05, 3.63) is 45.9 Å². The molecular weight excluding hydrogens is 320 g/mol. The van der Waals surface area contributed by atoms with E-state index in [1.807, 2.05) is 0 Å². The second-order valence-corrected chi connectivity index (χ2v) is 15.7. The molecular formula is C19H28OSiTi. The summed E-state index contributed by atoms with van der Waals surface area (Å²) in [5.74, 6) is 1.03. The Morgan fingerprint density at radius 2 is 1.86 bits per heavy atom. The van der Waals surface area contributed by atoms with Gasteiger partial charge in [0.25, 0.3) is 0 Å². The number of hydrogen-bond acceptors (Lipinski definition) is 1. The monoisotopic (exact) mass is 348 g/mol. The third-order valence-electron chi connectivity index (χ3n) is 5.02. The SMILES string of the molecule is [CH2]=[Ti]([O]c1cc(C)cc([Si](C)(C)C(C)(C)C)c1)[C]1=CC=CC1. The molecule has 0 radical (unpaired) electrons. The molecule has 22 heavy (non-hydrogen) atoms. The van der Waals surface area contributed by atoms with Gasteiger partial charge in [-0.3, -0.25) is 0 Å². The Balaban J connectivity index is 2.29. The summed E-state index contributed by atoms with van der Waals surface area (Å²) in [6, 6.07) is 6.80. The second kappa shape index (κ2) is 6.43. The average Bonchev–Trinajstić information content (AvgIpc) is 2.90. The van der Waals surface area contributed by atoms with Crippen LogP contribution >= 0.6 is 0 Å².